The lowest BCUT2D eigenvalue weighted by molar-refractivity contribution is -0.670. The molecule has 0 spiro atoms. The SMILES string of the molecule is CCCCn1/c(=C\C2=C(O)C(=C/c3c4ccc5c6ccccc6sc6ccc(c4c65)[n+]3CCCC)/C2=O)c2ccc3c4c(ccc1c42)Sc1ccccc1-3. The van der Waals surface area contributed by atoms with Gasteiger partial charge in [0.2, 0.25) is 17.0 Å². The van der Waals surface area contributed by atoms with Gasteiger partial charge in [-0.2, -0.15) is 4.57 Å². The van der Waals surface area contributed by atoms with Crippen LogP contribution in [0.1, 0.15) is 45.2 Å². The number of allylic oxidation sites excluding steroid dienone is 2. The molecule has 54 heavy (non-hydrogen) atoms. The minimum Gasteiger partial charge on any atom is -0.506 e. The first-order valence-corrected chi connectivity index (χ1v) is 20.8. The van der Waals surface area contributed by atoms with E-state index in [1.54, 1.807) is 0 Å². The fourth-order valence-corrected chi connectivity index (χ4v) is 11.4. The fraction of sp³-hybridized carbons (Fsp3) is 0.167. The van der Waals surface area contributed by atoms with Crippen molar-refractivity contribution in [2.45, 2.75) is 62.4 Å². The number of carbonyl (C=O) groups is 1. The summed E-state index contributed by atoms with van der Waals surface area (Å²) in [6.45, 7) is 6.11. The first-order valence-electron chi connectivity index (χ1n) is 19.1. The van der Waals surface area contributed by atoms with Crippen molar-refractivity contribution in [2.24, 2.45) is 0 Å². The number of nitrogens with zero attached hydrogens (tertiary/aromatic N) is 2. The average Bonchev–Trinajstić information content (AvgIpc) is 3.69. The van der Waals surface area contributed by atoms with Crippen LogP contribution in [-0.2, 0) is 17.9 Å². The standard InChI is InChI=1S/C48H36N2O2S2/c1-3-5-23-49-35-19-21-41-45-29(27-11-7-9-13-39(27)53-41)15-17-31(43(35)45)37(49)25-33-47(51)34(48(33)52)26-38-32-18-16-30-28-12-8-10-14-40(28)54-42-22-20-36(44(32)46(30)42)50(38)24-6-4-2/h7-22,25-26H,3-6,23-24H2,1-2H3/p+1. The van der Waals surface area contributed by atoms with Gasteiger partial charge in [-0.15, -0.1) is 11.3 Å². The molecular formula is C48H37N2O2S2+. The van der Waals surface area contributed by atoms with Crippen LogP contribution < -0.4 is 9.92 Å². The molecule has 3 aromatic heterocycles. The predicted molar refractivity (Wildman–Crippen MR) is 227 cm³/mol. The van der Waals surface area contributed by atoms with E-state index < -0.39 is 0 Å². The lowest BCUT2D eigenvalue weighted by Gasteiger charge is -2.20. The van der Waals surface area contributed by atoms with E-state index in [0.717, 1.165) is 60.6 Å². The molecule has 4 nitrogen and oxygen atoms in total. The summed E-state index contributed by atoms with van der Waals surface area (Å²) in [7, 11) is 0. The molecule has 6 aromatic carbocycles. The molecule has 11 rings (SSSR count). The van der Waals surface area contributed by atoms with Crippen molar-refractivity contribution in [1.29, 1.82) is 0 Å². The van der Waals surface area contributed by atoms with Crippen molar-refractivity contribution in [3.05, 3.63) is 125 Å². The van der Waals surface area contributed by atoms with E-state index in [-0.39, 0.29) is 11.5 Å². The van der Waals surface area contributed by atoms with Crippen LogP contribution in [-0.4, -0.2) is 15.5 Å². The minimum absolute atomic E-state index is 0.0797. The maximum absolute atomic E-state index is 14.2. The highest BCUT2D eigenvalue weighted by Crippen LogP contribution is 2.50. The van der Waals surface area contributed by atoms with Gasteiger partial charge in [0.25, 0.3) is 0 Å². The third-order valence-electron chi connectivity index (χ3n) is 11.7. The quantitative estimate of drug-likeness (QED) is 0.0731. The van der Waals surface area contributed by atoms with E-state index >= 15 is 0 Å². The highest BCUT2D eigenvalue weighted by Gasteiger charge is 2.36. The molecular weight excluding hydrogens is 701 g/mol. The van der Waals surface area contributed by atoms with Gasteiger partial charge in [-0.1, -0.05) is 93.0 Å². The Morgan fingerprint density at radius 1 is 0.685 bits per heavy atom. The van der Waals surface area contributed by atoms with Crippen LogP contribution >= 0.6 is 23.1 Å². The van der Waals surface area contributed by atoms with E-state index in [0.29, 0.717) is 11.1 Å². The topological polar surface area (TPSA) is 46.1 Å². The molecule has 1 N–H and O–H groups in total. The van der Waals surface area contributed by atoms with Gasteiger partial charge >= 0.3 is 0 Å². The molecule has 1 aliphatic carbocycles. The van der Waals surface area contributed by atoms with Gasteiger partial charge in [0.1, 0.15) is 12.3 Å². The van der Waals surface area contributed by atoms with Crippen LogP contribution in [0, 0.1) is 0 Å². The van der Waals surface area contributed by atoms with E-state index in [9.17, 15) is 9.90 Å². The van der Waals surface area contributed by atoms with E-state index in [1.807, 2.05) is 35.3 Å². The number of ketones is 1. The van der Waals surface area contributed by atoms with Gasteiger partial charge < -0.3 is 9.67 Å². The van der Waals surface area contributed by atoms with Crippen LogP contribution in [0.2, 0.25) is 0 Å². The van der Waals surface area contributed by atoms with Gasteiger partial charge in [-0.05, 0) is 70.8 Å². The monoisotopic (exact) mass is 737 g/mol. The largest absolute Gasteiger partial charge is 0.506 e. The molecule has 9 aromatic rings. The summed E-state index contributed by atoms with van der Waals surface area (Å²) in [5.74, 6) is -0.0281. The number of aliphatic hydroxyl groups is 1. The van der Waals surface area contributed by atoms with Crippen molar-refractivity contribution < 1.29 is 14.5 Å². The first-order chi connectivity index (χ1) is 26.6. The lowest BCUT2D eigenvalue weighted by atomic mass is 9.86. The molecule has 4 heterocycles. The molecule has 0 saturated heterocycles. The summed E-state index contributed by atoms with van der Waals surface area (Å²) < 4.78 is 7.28. The van der Waals surface area contributed by atoms with Gasteiger partial charge in [-0.25, -0.2) is 0 Å². The van der Waals surface area contributed by atoms with Gasteiger partial charge in [0.15, 0.2) is 0 Å². The molecule has 0 atom stereocenters. The summed E-state index contributed by atoms with van der Waals surface area (Å²) >= 11 is 3.66. The molecule has 0 bridgehead atoms. The van der Waals surface area contributed by atoms with Crippen LogP contribution in [0.4, 0.5) is 0 Å². The van der Waals surface area contributed by atoms with Crippen molar-refractivity contribution >= 4 is 105 Å². The Bertz CT molecular complexity index is 3200. The number of hydrogen-bond donors (Lipinski definition) is 1. The fourth-order valence-electron chi connectivity index (χ4n) is 9.14. The molecule has 6 heteroatoms. The number of benzene rings is 6. The van der Waals surface area contributed by atoms with E-state index in [1.165, 1.54) is 73.7 Å². The Labute approximate surface area is 320 Å². The normalized spacial score (nSPS) is 15.4. The first kappa shape index (κ1) is 32.0. The second-order valence-electron chi connectivity index (χ2n) is 14.8. The number of rotatable bonds is 8. The van der Waals surface area contributed by atoms with Crippen LogP contribution in [0.15, 0.2) is 124 Å². The summed E-state index contributed by atoms with van der Waals surface area (Å²) in [5.41, 5.74) is 6.65. The lowest BCUT2D eigenvalue weighted by Crippen LogP contribution is -2.36. The van der Waals surface area contributed by atoms with E-state index in [2.05, 4.69) is 120 Å². The van der Waals surface area contributed by atoms with Crippen LogP contribution in [0.3, 0.4) is 0 Å². The van der Waals surface area contributed by atoms with Gasteiger partial charge in [0, 0.05) is 76.7 Å². The number of carbonyl (C=O) groups excluding carboxylic acids is 1. The Kier molecular flexibility index (Phi) is 7.14. The second-order valence-corrected chi connectivity index (χ2v) is 16.9. The number of unbranched alkanes of at least 4 members (excludes halogenated alkanes) is 2. The third-order valence-corrected chi connectivity index (χ3v) is 14.0. The zero-order valence-electron chi connectivity index (χ0n) is 30.2. The zero-order valence-corrected chi connectivity index (χ0v) is 31.8. The van der Waals surface area contributed by atoms with E-state index in [4.69, 9.17) is 0 Å². The number of aromatic nitrogens is 2. The Morgan fingerprint density at radius 3 is 2.37 bits per heavy atom. The van der Waals surface area contributed by atoms with Crippen LogP contribution in [0.25, 0.3) is 86.8 Å². The molecule has 0 unspecified atom stereocenters. The Balaban J connectivity index is 1.11. The zero-order chi connectivity index (χ0) is 36.2. The van der Waals surface area contributed by atoms with Gasteiger partial charge in [-0.3, -0.25) is 4.79 Å². The van der Waals surface area contributed by atoms with Crippen molar-refractivity contribution in [1.82, 2.24) is 4.57 Å². The highest BCUT2D eigenvalue weighted by atomic mass is 32.2. The molecule has 2 aliphatic rings. The summed E-state index contributed by atoms with van der Waals surface area (Å²) in [5, 5.41) is 22.6. The number of fused-ring (bicyclic) bond motifs is 4. The summed E-state index contributed by atoms with van der Waals surface area (Å²) in [6.07, 6.45) is 8.07. The number of aliphatic hydroxyl groups excluding tert-OH is 1. The molecule has 0 radical (unpaired) electrons. The average molecular weight is 738 g/mol. The number of Topliss-reactive ketones (excluding diaryl/α,β-unsaturated/α-hetero) is 1. The minimum atomic E-state index is -0.108. The Hall–Kier alpha value is -5.43. The summed E-state index contributed by atoms with van der Waals surface area (Å²) in [4.78, 5) is 16.8. The maximum Gasteiger partial charge on any atom is 0.214 e. The summed E-state index contributed by atoms with van der Waals surface area (Å²) in [6, 6.07) is 35.2. The molecule has 262 valence electrons. The molecule has 0 amide bonds. The van der Waals surface area contributed by atoms with Crippen molar-refractivity contribution in [3.63, 3.8) is 0 Å². The van der Waals surface area contributed by atoms with Crippen LogP contribution in [0.5, 0.6) is 0 Å². The van der Waals surface area contributed by atoms with Crippen molar-refractivity contribution in [2.75, 3.05) is 0 Å². The van der Waals surface area contributed by atoms with Crippen molar-refractivity contribution in [3.8, 4) is 11.1 Å². The number of hydrogen-bond acceptors (Lipinski definition) is 4. The van der Waals surface area contributed by atoms with Gasteiger partial charge in [0.05, 0.1) is 21.9 Å². The smallest absolute Gasteiger partial charge is 0.214 e. The Morgan fingerprint density at radius 2 is 1.50 bits per heavy atom. The maximum atomic E-state index is 14.2. The predicted octanol–water partition coefficient (Wildman–Crippen LogP) is 11.9. The molecule has 1 aliphatic heterocycles. The molecule has 0 saturated carbocycles. The molecule has 0 fully saturated rings. The highest BCUT2D eigenvalue weighted by molar-refractivity contribution is 7.99. The number of aryl methyl sites for hydroxylation is 2. The second kappa shape index (κ2) is 12.0. The third kappa shape index (κ3) is 4.38.